The second-order valence-electron chi connectivity index (χ2n) is 6.60. The van der Waals surface area contributed by atoms with Gasteiger partial charge in [-0.2, -0.15) is 4.98 Å². The minimum Gasteiger partial charge on any atom is -0.361 e. The lowest BCUT2D eigenvalue weighted by Gasteiger charge is -2.12. The number of hydrogen-bond donors (Lipinski definition) is 2. The van der Waals surface area contributed by atoms with Crippen molar-refractivity contribution in [3.05, 3.63) is 72.2 Å². The van der Waals surface area contributed by atoms with Crippen LogP contribution in [0.1, 0.15) is 29.6 Å². The number of aromatic amines is 1. The van der Waals surface area contributed by atoms with Crippen molar-refractivity contribution in [3.63, 3.8) is 0 Å². The lowest BCUT2D eigenvalue weighted by Crippen LogP contribution is -2.33. The zero-order chi connectivity index (χ0) is 18.6. The van der Waals surface area contributed by atoms with Gasteiger partial charge in [-0.05, 0) is 42.8 Å². The monoisotopic (exact) mass is 360 g/mol. The van der Waals surface area contributed by atoms with Gasteiger partial charge < -0.3 is 14.8 Å². The first kappa shape index (κ1) is 17.0. The lowest BCUT2D eigenvalue weighted by atomic mass is 10.1. The van der Waals surface area contributed by atoms with Crippen molar-refractivity contribution in [2.45, 2.75) is 25.8 Å². The van der Waals surface area contributed by atoms with Crippen molar-refractivity contribution in [1.29, 1.82) is 0 Å². The second kappa shape index (κ2) is 7.45. The van der Waals surface area contributed by atoms with Crippen LogP contribution in [-0.4, -0.2) is 27.1 Å². The number of hydrogen-bond acceptors (Lipinski definition) is 4. The van der Waals surface area contributed by atoms with Gasteiger partial charge in [0.2, 0.25) is 5.82 Å². The number of benzene rings is 2. The minimum atomic E-state index is -0.352. The van der Waals surface area contributed by atoms with Gasteiger partial charge in [-0.1, -0.05) is 47.6 Å². The van der Waals surface area contributed by atoms with Crippen LogP contribution >= 0.6 is 0 Å². The summed E-state index contributed by atoms with van der Waals surface area (Å²) in [6.45, 7) is 1.97. The molecule has 1 amide bonds. The third-order valence-electron chi connectivity index (χ3n) is 4.52. The molecule has 2 aromatic carbocycles. The standard InChI is InChI=1S/C21H20N4O2/c1-14(7-8-15-5-3-2-4-6-15)23-20(26)21-24-19(25-27-21)17-10-9-16-11-12-22-18(16)13-17/h2-6,9-14,22H,7-8H2,1H3,(H,23,26). The molecule has 2 heterocycles. The molecule has 0 bridgehead atoms. The summed E-state index contributed by atoms with van der Waals surface area (Å²) in [4.78, 5) is 19.8. The molecular formula is C21H20N4O2. The fourth-order valence-electron chi connectivity index (χ4n) is 3.01. The van der Waals surface area contributed by atoms with E-state index in [4.69, 9.17) is 4.52 Å². The molecule has 0 aliphatic rings. The number of rotatable bonds is 6. The van der Waals surface area contributed by atoms with Gasteiger partial charge in [0.25, 0.3) is 0 Å². The Morgan fingerprint density at radius 1 is 1.19 bits per heavy atom. The maximum atomic E-state index is 12.4. The molecular weight excluding hydrogens is 340 g/mol. The Kier molecular flexibility index (Phi) is 4.70. The summed E-state index contributed by atoms with van der Waals surface area (Å²) in [5.41, 5.74) is 3.03. The van der Waals surface area contributed by atoms with E-state index in [1.807, 2.05) is 55.6 Å². The molecule has 0 saturated heterocycles. The maximum absolute atomic E-state index is 12.4. The summed E-state index contributed by atoms with van der Waals surface area (Å²) < 4.78 is 5.15. The fraction of sp³-hybridized carbons (Fsp3) is 0.190. The van der Waals surface area contributed by atoms with E-state index in [0.717, 1.165) is 29.3 Å². The van der Waals surface area contributed by atoms with Gasteiger partial charge in [-0.15, -0.1) is 0 Å². The molecule has 6 nitrogen and oxygen atoms in total. The Morgan fingerprint density at radius 2 is 2.04 bits per heavy atom. The van der Waals surface area contributed by atoms with Crippen LogP contribution < -0.4 is 5.32 Å². The predicted molar refractivity (Wildman–Crippen MR) is 103 cm³/mol. The quantitative estimate of drug-likeness (QED) is 0.545. The first-order valence-electron chi connectivity index (χ1n) is 8.95. The van der Waals surface area contributed by atoms with Gasteiger partial charge >= 0.3 is 11.8 Å². The highest BCUT2D eigenvalue weighted by atomic mass is 16.5. The van der Waals surface area contributed by atoms with E-state index in [-0.39, 0.29) is 17.8 Å². The van der Waals surface area contributed by atoms with Crippen LogP contribution in [0.25, 0.3) is 22.3 Å². The molecule has 0 radical (unpaired) electrons. The van der Waals surface area contributed by atoms with Crippen molar-refractivity contribution in [2.24, 2.45) is 0 Å². The SMILES string of the molecule is CC(CCc1ccccc1)NC(=O)c1nc(-c2ccc3cc[nH]c3c2)no1. The fourth-order valence-corrected chi connectivity index (χ4v) is 3.01. The molecule has 0 aliphatic heterocycles. The van der Waals surface area contributed by atoms with Gasteiger partial charge in [0.15, 0.2) is 0 Å². The number of H-pyrrole nitrogens is 1. The molecule has 136 valence electrons. The first-order valence-corrected chi connectivity index (χ1v) is 8.95. The average molecular weight is 360 g/mol. The van der Waals surface area contributed by atoms with E-state index in [1.54, 1.807) is 0 Å². The van der Waals surface area contributed by atoms with E-state index in [0.29, 0.717) is 5.82 Å². The molecule has 1 atom stereocenters. The van der Waals surface area contributed by atoms with Crippen molar-refractivity contribution in [3.8, 4) is 11.4 Å². The van der Waals surface area contributed by atoms with Crippen LogP contribution in [0.3, 0.4) is 0 Å². The van der Waals surface area contributed by atoms with Crippen molar-refractivity contribution < 1.29 is 9.32 Å². The van der Waals surface area contributed by atoms with E-state index in [1.165, 1.54) is 5.56 Å². The van der Waals surface area contributed by atoms with E-state index in [9.17, 15) is 4.79 Å². The largest absolute Gasteiger partial charge is 0.361 e. The molecule has 4 aromatic rings. The summed E-state index contributed by atoms with van der Waals surface area (Å²) in [5, 5.41) is 7.96. The van der Waals surface area contributed by atoms with Crippen LogP contribution in [0.15, 0.2) is 65.3 Å². The third kappa shape index (κ3) is 3.89. The topological polar surface area (TPSA) is 83.8 Å². The predicted octanol–water partition coefficient (Wildman–Crippen LogP) is 3.97. The number of fused-ring (bicyclic) bond motifs is 1. The van der Waals surface area contributed by atoms with Crippen LogP contribution in [-0.2, 0) is 6.42 Å². The van der Waals surface area contributed by atoms with Crippen LogP contribution in [0.4, 0.5) is 0 Å². The maximum Gasteiger partial charge on any atom is 0.316 e. The molecule has 1 unspecified atom stereocenters. The molecule has 6 heteroatoms. The van der Waals surface area contributed by atoms with Gasteiger partial charge in [0.1, 0.15) is 0 Å². The number of nitrogens with zero attached hydrogens (tertiary/aromatic N) is 2. The molecule has 0 aliphatic carbocycles. The normalized spacial score (nSPS) is 12.2. The number of aryl methyl sites for hydroxylation is 1. The van der Waals surface area contributed by atoms with Gasteiger partial charge in [0.05, 0.1) is 0 Å². The number of nitrogens with one attached hydrogen (secondary N) is 2. The molecule has 0 fully saturated rings. The number of carbonyl (C=O) groups excluding carboxylic acids is 1. The summed E-state index contributed by atoms with van der Waals surface area (Å²) >= 11 is 0. The lowest BCUT2D eigenvalue weighted by molar-refractivity contribution is 0.0894. The molecule has 2 N–H and O–H groups in total. The first-order chi connectivity index (χ1) is 13.2. The van der Waals surface area contributed by atoms with Crippen molar-refractivity contribution >= 4 is 16.8 Å². The molecule has 2 aromatic heterocycles. The third-order valence-corrected chi connectivity index (χ3v) is 4.52. The minimum absolute atomic E-state index is 0.00308. The van der Waals surface area contributed by atoms with Crippen LogP contribution in [0.2, 0.25) is 0 Å². The summed E-state index contributed by atoms with van der Waals surface area (Å²) in [7, 11) is 0. The highest BCUT2D eigenvalue weighted by Crippen LogP contribution is 2.21. The molecule has 4 rings (SSSR count). The Morgan fingerprint density at radius 3 is 2.89 bits per heavy atom. The summed E-state index contributed by atoms with van der Waals surface area (Å²) in [6.07, 6.45) is 3.61. The van der Waals surface area contributed by atoms with Crippen LogP contribution in [0, 0.1) is 0 Å². The summed E-state index contributed by atoms with van der Waals surface area (Å²) in [6, 6.07) is 18.0. The smallest absolute Gasteiger partial charge is 0.316 e. The zero-order valence-corrected chi connectivity index (χ0v) is 15.0. The number of aromatic nitrogens is 3. The molecule has 27 heavy (non-hydrogen) atoms. The highest BCUT2D eigenvalue weighted by Gasteiger charge is 2.18. The van der Waals surface area contributed by atoms with Gasteiger partial charge in [-0.3, -0.25) is 4.79 Å². The van der Waals surface area contributed by atoms with Gasteiger partial charge in [0, 0.05) is 23.3 Å². The van der Waals surface area contributed by atoms with Crippen molar-refractivity contribution in [2.75, 3.05) is 0 Å². The summed E-state index contributed by atoms with van der Waals surface area (Å²) in [5.74, 6) is 0.0204. The van der Waals surface area contributed by atoms with E-state index in [2.05, 4.69) is 32.6 Å². The zero-order valence-electron chi connectivity index (χ0n) is 15.0. The second-order valence-corrected chi connectivity index (χ2v) is 6.60. The Labute approximate surface area is 156 Å². The Bertz CT molecular complexity index is 1050. The number of amides is 1. The Balaban J connectivity index is 1.39. The highest BCUT2D eigenvalue weighted by molar-refractivity contribution is 5.90. The number of carbonyl (C=O) groups is 1. The average Bonchev–Trinajstić information content (AvgIpc) is 3.36. The van der Waals surface area contributed by atoms with Gasteiger partial charge in [-0.25, -0.2) is 0 Å². The Hall–Kier alpha value is -3.41. The molecule has 0 saturated carbocycles. The van der Waals surface area contributed by atoms with E-state index >= 15 is 0 Å². The molecule has 0 spiro atoms. The van der Waals surface area contributed by atoms with Crippen LogP contribution in [0.5, 0.6) is 0 Å². The van der Waals surface area contributed by atoms with Crippen molar-refractivity contribution in [1.82, 2.24) is 20.4 Å². The van der Waals surface area contributed by atoms with E-state index < -0.39 is 0 Å².